The highest BCUT2D eigenvalue weighted by atomic mass is 16.6. The van der Waals surface area contributed by atoms with Crippen LogP contribution in [0.3, 0.4) is 0 Å². The highest BCUT2D eigenvalue weighted by molar-refractivity contribution is 5.69. The van der Waals surface area contributed by atoms with Crippen molar-refractivity contribution in [2.75, 3.05) is 26.2 Å². The van der Waals surface area contributed by atoms with Gasteiger partial charge in [-0.05, 0) is 0 Å². The van der Waals surface area contributed by atoms with Gasteiger partial charge in [-0.25, -0.2) is 4.79 Å². The topological polar surface area (TPSA) is 75.8 Å². The van der Waals surface area contributed by atoms with Gasteiger partial charge in [-0.2, -0.15) is 0 Å². The summed E-state index contributed by atoms with van der Waals surface area (Å²) in [5.41, 5.74) is 5.17. The number of hydrogen-bond donors (Lipinski definition) is 2. The molecule has 64 valence electrons. The minimum atomic E-state index is -0.638. The van der Waals surface area contributed by atoms with E-state index in [2.05, 4.69) is 4.74 Å². The van der Waals surface area contributed by atoms with Crippen molar-refractivity contribution in [3.05, 3.63) is 0 Å². The summed E-state index contributed by atoms with van der Waals surface area (Å²) >= 11 is 0. The minimum absolute atomic E-state index is 0.170. The summed E-state index contributed by atoms with van der Waals surface area (Å²) in [4.78, 5) is 12.2. The molecule has 0 radical (unpaired) electrons. The second-order valence-electron chi connectivity index (χ2n) is 2.45. The maximum atomic E-state index is 10.8. The number of aliphatic hydroxyl groups is 1. The molecule has 1 rings (SSSR count). The van der Waals surface area contributed by atoms with Crippen LogP contribution in [0, 0.1) is 0 Å². The fraction of sp³-hybridized carbons (Fsp3) is 0.833. The number of amides is 1. The number of rotatable bonds is 3. The summed E-state index contributed by atoms with van der Waals surface area (Å²) in [5, 5.41) is 9.06. The molecule has 0 bridgehead atoms. The van der Waals surface area contributed by atoms with Crippen molar-refractivity contribution in [2.45, 2.75) is 6.10 Å². The summed E-state index contributed by atoms with van der Waals surface area (Å²) in [6.07, 6.45) is -1.00. The lowest BCUT2D eigenvalue weighted by Crippen LogP contribution is -2.36. The van der Waals surface area contributed by atoms with Crippen molar-refractivity contribution in [3.63, 3.8) is 0 Å². The van der Waals surface area contributed by atoms with Crippen LogP contribution in [0.5, 0.6) is 0 Å². The predicted molar refractivity (Wildman–Crippen MR) is 38.0 cm³/mol. The number of cyclic esters (lactones) is 1. The van der Waals surface area contributed by atoms with Crippen LogP contribution < -0.4 is 5.73 Å². The maximum Gasteiger partial charge on any atom is 0.410 e. The number of β-amino-alcohol motifs (C(OH)–C–C–N with tert-alkyl or cyclic N) is 1. The summed E-state index contributed by atoms with van der Waals surface area (Å²) < 4.78 is 4.65. The summed E-state index contributed by atoms with van der Waals surface area (Å²) in [7, 11) is 0. The maximum absolute atomic E-state index is 10.8. The first-order valence-electron chi connectivity index (χ1n) is 3.54. The summed E-state index contributed by atoms with van der Waals surface area (Å²) in [6.45, 7) is 1.41. The van der Waals surface area contributed by atoms with Crippen molar-refractivity contribution in [1.82, 2.24) is 4.90 Å². The molecule has 3 N–H and O–H groups in total. The Balaban J connectivity index is 2.30. The second kappa shape index (κ2) is 3.54. The van der Waals surface area contributed by atoms with E-state index >= 15 is 0 Å². The molecule has 1 aliphatic rings. The third-order valence-electron chi connectivity index (χ3n) is 1.55. The molecule has 1 heterocycles. The van der Waals surface area contributed by atoms with Gasteiger partial charge in [-0.1, -0.05) is 0 Å². The highest BCUT2D eigenvalue weighted by Crippen LogP contribution is 2.03. The van der Waals surface area contributed by atoms with Crippen LogP contribution in [0.1, 0.15) is 0 Å². The number of nitrogens with two attached hydrogens (primary N) is 1. The van der Waals surface area contributed by atoms with E-state index in [9.17, 15) is 4.79 Å². The smallest absolute Gasteiger partial charge is 0.410 e. The number of aliphatic hydroxyl groups excluding tert-OH is 1. The molecular formula is C6H12N2O3. The third kappa shape index (κ3) is 2.06. The number of hydrogen-bond acceptors (Lipinski definition) is 4. The Morgan fingerprint density at radius 2 is 2.55 bits per heavy atom. The molecule has 1 fully saturated rings. The molecule has 0 unspecified atom stereocenters. The Hall–Kier alpha value is -0.810. The minimum Gasteiger partial charge on any atom is -0.448 e. The first-order chi connectivity index (χ1) is 5.24. The van der Waals surface area contributed by atoms with Gasteiger partial charge in [-0.3, -0.25) is 0 Å². The second-order valence-corrected chi connectivity index (χ2v) is 2.45. The Morgan fingerprint density at radius 3 is 3.00 bits per heavy atom. The molecule has 1 aliphatic heterocycles. The zero-order valence-electron chi connectivity index (χ0n) is 6.19. The van der Waals surface area contributed by atoms with Crippen molar-refractivity contribution in [2.24, 2.45) is 5.73 Å². The molecule has 0 aromatic heterocycles. The van der Waals surface area contributed by atoms with Crippen LogP contribution in [0.4, 0.5) is 4.79 Å². The molecule has 5 nitrogen and oxygen atoms in total. The van der Waals surface area contributed by atoms with Crippen LogP contribution in [0.25, 0.3) is 0 Å². The van der Waals surface area contributed by atoms with E-state index < -0.39 is 6.10 Å². The van der Waals surface area contributed by atoms with Crippen molar-refractivity contribution in [3.8, 4) is 0 Å². The monoisotopic (exact) mass is 160 g/mol. The lowest BCUT2D eigenvalue weighted by Gasteiger charge is -2.15. The lowest BCUT2D eigenvalue weighted by atomic mass is 10.3. The first-order valence-corrected chi connectivity index (χ1v) is 3.54. The number of ether oxygens (including phenoxy) is 1. The zero-order valence-corrected chi connectivity index (χ0v) is 6.19. The van der Waals surface area contributed by atoms with E-state index in [4.69, 9.17) is 10.8 Å². The molecule has 11 heavy (non-hydrogen) atoms. The fourth-order valence-corrected chi connectivity index (χ4v) is 0.920. The van der Waals surface area contributed by atoms with E-state index in [1.165, 1.54) is 4.90 Å². The van der Waals surface area contributed by atoms with E-state index in [1.54, 1.807) is 0 Å². The van der Waals surface area contributed by atoms with Crippen LogP contribution in [-0.2, 0) is 4.74 Å². The quantitative estimate of drug-likeness (QED) is 0.541. The molecule has 0 spiro atoms. The predicted octanol–water partition coefficient (Wildman–Crippen LogP) is -1.24. The van der Waals surface area contributed by atoms with Crippen LogP contribution in [0.2, 0.25) is 0 Å². The van der Waals surface area contributed by atoms with Crippen LogP contribution >= 0.6 is 0 Å². The number of carbonyl (C=O) groups is 1. The van der Waals surface area contributed by atoms with Gasteiger partial charge in [0.05, 0.1) is 19.2 Å². The molecule has 0 aromatic carbocycles. The van der Waals surface area contributed by atoms with Gasteiger partial charge in [0.15, 0.2) is 0 Å². The van der Waals surface area contributed by atoms with Crippen LogP contribution in [-0.4, -0.2) is 48.4 Å². The molecule has 1 saturated heterocycles. The lowest BCUT2D eigenvalue weighted by molar-refractivity contribution is 0.122. The SMILES string of the molecule is NC[C@@H](O)CN1CCOC1=O. The molecule has 1 atom stereocenters. The summed E-state index contributed by atoms with van der Waals surface area (Å²) in [5.74, 6) is 0. The van der Waals surface area contributed by atoms with Gasteiger partial charge < -0.3 is 20.5 Å². The molecule has 0 saturated carbocycles. The van der Waals surface area contributed by atoms with E-state index in [-0.39, 0.29) is 19.2 Å². The number of carbonyl (C=O) groups excluding carboxylic acids is 1. The normalized spacial score (nSPS) is 20.2. The number of nitrogens with zero attached hydrogens (tertiary/aromatic N) is 1. The molecular weight excluding hydrogens is 148 g/mol. The van der Waals surface area contributed by atoms with Crippen molar-refractivity contribution in [1.29, 1.82) is 0 Å². The molecule has 0 aliphatic carbocycles. The Labute approximate surface area is 64.7 Å². The highest BCUT2D eigenvalue weighted by Gasteiger charge is 2.23. The van der Waals surface area contributed by atoms with Gasteiger partial charge in [0.25, 0.3) is 0 Å². The average Bonchev–Trinajstić information content (AvgIpc) is 2.37. The van der Waals surface area contributed by atoms with E-state index in [1.807, 2.05) is 0 Å². The van der Waals surface area contributed by atoms with Gasteiger partial charge in [0.1, 0.15) is 6.61 Å². The van der Waals surface area contributed by atoms with Crippen LogP contribution in [0.15, 0.2) is 0 Å². The van der Waals surface area contributed by atoms with Gasteiger partial charge in [-0.15, -0.1) is 0 Å². The van der Waals surface area contributed by atoms with Crippen molar-refractivity contribution >= 4 is 6.09 Å². The molecule has 0 aromatic rings. The van der Waals surface area contributed by atoms with E-state index in [0.29, 0.717) is 13.2 Å². The average molecular weight is 160 g/mol. The Bertz CT molecular complexity index is 151. The van der Waals surface area contributed by atoms with Gasteiger partial charge >= 0.3 is 6.09 Å². The third-order valence-corrected chi connectivity index (χ3v) is 1.55. The van der Waals surface area contributed by atoms with Gasteiger partial charge in [0, 0.05) is 6.54 Å². The molecule has 5 heteroatoms. The largest absolute Gasteiger partial charge is 0.448 e. The first kappa shape index (κ1) is 8.29. The van der Waals surface area contributed by atoms with Gasteiger partial charge in [0.2, 0.25) is 0 Å². The standard InChI is InChI=1S/C6H12N2O3/c7-3-5(9)4-8-1-2-11-6(8)10/h5,9H,1-4,7H2/t5-/m1/s1. The summed E-state index contributed by atoms with van der Waals surface area (Å²) in [6, 6.07) is 0. The zero-order chi connectivity index (χ0) is 8.27. The fourth-order valence-electron chi connectivity index (χ4n) is 0.920. The Morgan fingerprint density at radius 1 is 1.82 bits per heavy atom. The Kier molecular flexibility index (Phi) is 2.67. The molecule has 1 amide bonds. The van der Waals surface area contributed by atoms with E-state index in [0.717, 1.165) is 0 Å². The van der Waals surface area contributed by atoms with Crippen molar-refractivity contribution < 1.29 is 14.6 Å².